The molecule has 36 heavy (non-hydrogen) atoms. The summed E-state index contributed by atoms with van der Waals surface area (Å²) < 4.78 is 7.35. The minimum absolute atomic E-state index is 0.100. The number of nitrogens with one attached hydrogen (secondary N) is 2. The normalized spacial score (nSPS) is 17.4. The van der Waals surface area contributed by atoms with Gasteiger partial charge in [-0.2, -0.15) is 4.98 Å². The Balaban J connectivity index is 1.39. The largest absolute Gasteiger partial charge is 0.495 e. The molecule has 0 unspecified atom stereocenters. The molecule has 0 radical (unpaired) electrons. The molecule has 0 spiro atoms. The van der Waals surface area contributed by atoms with Gasteiger partial charge >= 0.3 is 0 Å². The van der Waals surface area contributed by atoms with Crippen molar-refractivity contribution in [3.05, 3.63) is 46.0 Å². The lowest BCUT2D eigenvalue weighted by atomic mass is 10.0. The number of amides is 1. The second-order valence-electron chi connectivity index (χ2n) is 9.80. The monoisotopic (exact) mass is 491 g/mol. The fraction of sp³-hybridized carbons (Fsp3) is 0.500. The molecular weight excluding hydrogens is 458 g/mol. The minimum atomic E-state index is -0.113. The van der Waals surface area contributed by atoms with Crippen LogP contribution in [0.15, 0.2) is 29.2 Å². The maximum atomic E-state index is 13.0. The SMILES string of the molecule is COc1cc(C(=O)NC2CCN(C)CC2)ccc1Nc1ncc2nc(C)c(=O)n(C3CCCC3)c2n1. The summed E-state index contributed by atoms with van der Waals surface area (Å²) in [5.41, 5.74) is 2.64. The minimum Gasteiger partial charge on any atom is -0.495 e. The number of anilines is 2. The summed E-state index contributed by atoms with van der Waals surface area (Å²) in [6, 6.07) is 5.57. The van der Waals surface area contributed by atoms with Crippen LogP contribution in [0.1, 0.15) is 60.6 Å². The van der Waals surface area contributed by atoms with Gasteiger partial charge in [0.05, 0.1) is 19.0 Å². The van der Waals surface area contributed by atoms with E-state index in [9.17, 15) is 9.59 Å². The first-order valence-electron chi connectivity index (χ1n) is 12.6. The highest BCUT2D eigenvalue weighted by Gasteiger charge is 2.23. The van der Waals surface area contributed by atoms with Gasteiger partial charge < -0.3 is 20.3 Å². The zero-order valence-corrected chi connectivity index (χ0v) is 21.1. The molecule has 1 aliphatic heterocycles. The van der Waals surface area contributed by atoms with Crippen LogP contribution in [0.2, 0.25) is 0 Å². The van der Waals surface area contributed by atoms with E-state index in [2.05, 4.69) is 37.5 Å². The first-order valence-corrected chi connectivity index (χ1v) is 12.6. The molecule has 3 heterocycles. The van der Waals surface area contributed by atoms with Crippen LogP contribution in [0.4, 0.5) is 11.6 Å². The molecule has 1 aliphatic carbocycles. The average molecular weight is 492 g/mol. The lowest BCUT2D eigenvalue weighted by molar-refractivity contribution is 0.0916. The Bertz CT molecular complexity index is 1330. The Labute approximate surface area is 210 Å². The molecule has 2 aliphatic rings. The topological polar surface area (TPSA) is 114 Å². The number of nitrogens with zero attached hydrogens (tertiary/aromatic N) is 5. The lowest BCUT2D eigenvalue weighted by Crippen LogP contribution is -2.43. The number of benzene rings is 1. The number of aromatic nitrogens is 4. The van der Waals surface area contributed by atoms with E-state index in [0.29, 0.717) is 39.8 Å². The van der Waals surface area contributed by atoms with Crippen molar-refractivity contribution in [3.63, 3.8) is 0 Å². The number of aryl methyl sites for hydroxylation is 1. The second-order valence-corrected chi connectivity index (χ2v) is 9.80. The van der Waals surface area contributed by atoms with Crippen LogP contribution >= 0.6 is 0 Å². The second kappa shape index (κ2) is 10.2. The molecule has 2 fully saturated rings. The van der Waals surface area contributed by atoms with Crippen molar-refractivity contribution in [2.75, 3.05) is 32.6 Å². The molecule has 190 valence electrons. The Hall–Kier alpha value is -3.53. The molecule has 10 heteroatoms. The third kappa shape index (κ3) is 4.90. The predicted octanol–water partition coefficient (Wildman–Crippen LogP) is 3.19. The fourth-order valence-corrected chi connectivity index (χ4v) is 5.16. The quantitative estimate of drug-likeness (QED) is 0.540. The van der Waals surface area contributed by atoms with Gasteiger partial charge in [-0.05, 0) is 70.9 Å². The Morgan fingerprint density at radius 3 is 2.58 bits per heavy atom. The van der Waals surface area contributed by atoms with Crippen molar-refractivity contribution in [1.82, 2.24) is 29.7 Å². The molecule has 2 N–H and O–H groups in total. The standard InChI is InChI=1S/C26H33N7O3/c1-16-25(35)33(19-6-4-5-7-19)23-21(28-16)15-27-26(31-23)30-20-9-8-17(14-22(20)36-3)24(34)29-18-10-12-32(2)13-11-18/h8-9,14-15,18-19H,4-7,10-13H2,1-3H3,(H,29,34)(H,27,30,31). The maximum absolute atomic E-state index is 13.0. The predicted molar refractivity (Wildman–Crippen MR) is 138 cm³/mol. The van der Waals surface area contributed by atoms with Crippen LogP contribution < -0.4 is 20.9 Å². The van der Waals surface area contributed by atoms with E-state index < -0.39 is 0 Å². The van der Waals surface area contributed by atoms with Crippen molar-refractivity contribution >= 4 is 28.7 Å². The van der Waals surface area contributed by atoms with Gasteiger partial charge in [-0.15, -0.1) is 0 Å². The van der Waals surface area contributed by atoms with E-state index in [1.807, 2.05) is 0 Å². The van der Waals surface area contributed by atoms with E-state index in [4.69, 9.17) is 4.74 Å². The Kier molecular flexibility index (Phi) is 6.86. The third-order valence-electron chi connectivity index (χ3n) is 7.25. The summed E-state index contributed by atoms with van der Waals surface area (Å²) in [5.74, 6) is 0.726. The van der Waals surface area contributed by atoms with Crippen LogP contribution in [0.5, 0.6) is 5.75 Å². The molecular formula is C26H33N7O3. The number of methoxy groups -OCH3 is 1. The molecule has 0 bridgehead atoms. The molecule has 0 atom stereocenters. The van der Waals surface area contributed by atoms with E-state index in [0.717, 1.165) is 51.6 Å². The molecule has 1 aromatic carbocycles. The van der Waals surface area contributed by atoms with Gasteiger partial charge in [-0.3, -0.25) is 14.2 Å². The first-order chi connectivity index (χ1) is 17.4. The van der Waals surface area contributed by atoms with Crippen LogP contribution in [0.25, 0.3) is 11.2 Å². The smallest absolute Gasteiger partial charge is 0.273 e. The van der Waals surface area contributed by atoms with Crippen LogP contribution in [-0.4, -0.2) is 63.6 Å². The Morgan fingerprint density at radius 1 is 1.11 bits per heavy atom. The van der Waals surface area contributed by atoms with Gasteiger partial charge in [0.2, 0.25) is 5.95 Å². The fourth-order valence-electron chi connectivity index (χ4n) is 5.16. The van der Waals surface area contributed by atoms with Crippen LogP contribution in [0.3, 0.4) is 0 Å². The summed E-state index contributed by atoms with van der Waals surface area (Å²) >= 11 is 0. The zero-order valence-electron chi connectivity index (χ0n) is 21.1. The highest BCUT2D eigenvalue weighted by Crippen LogP contribution is 2.31. The van der Waals surface area contributed by atoms with Crippen molar-refractivity contribution in [2.24, 2.45) is 0 Å². The summed E-state index contributed by atoms with van der Waals surface area (Å²) in [6.07, 6.45) is 7.64. The number of hydrogen-bond acceptors (Lipinski definition) is 8. The molecule has 1 saturated heterocycles. The molecule has 1 saturated carbocycles. The van der Waals surface area contributed by atoms with E-state index in [1.165, 1.54) is 0 Å². The highest BCUT2D eigenvalue weighted by atomic mass is 16.5. The maximum Gasteiger partial charge on any atom is 0.273 e. The number of fused-ring (bicyclic) bond motifs is 1. The van der Waals surface area contributed by atoms with E-state index in [1.54, 1.807) is 43.0 Å². The summed E-state index contributed by atoms with van der Waals surface area (Å²) in [5, 5.41) is 6.33. The van der Waals surface area contributed by atoms with Gasteiger partial charge in [-0.25, -0.2) is 9.97 Å². The number of likely N-dealkylation sites (tertiary alicyclic amines) is 1. The molecule has 2 aromatic heterocycles. The molecule has 1 amide bonds. The van der Waals surface area contributed by atoms with Gasteiger partial charge in [0, 0.05) is 17.6 Å². The van der Waals surface area contributed by atoms with Gasteiger partial charge in [0.25, 0.3) is 11.5 Å². The summed E-state index contributed by atoms with van der Waals surface area (Å²) in [7, 11) is 3.66. The van der Waals surface area contributed by atoms with E-state index in [-0.39, 0.29) is 23.6 Å². The lowest BCUT2D eigenvalue weighted by Gasteiger charge is -2.29. The highest BCUT2D eigenvalue weighted by molar-refractivity contribution is 5.95. The summed E-state index contributed by atoms with van der Waals surface area (Å²) in [4.78, 5) is 41.6. The number of carbonyl (C=O) groups is 1. The van der Waals surface area contributed by atoms with Crippen LogP contribution in [-0.2, 0) is 0 Å². The zero-order chi connectivity index (χ0) is 25.2. The number of rotatable bonds is 6. The van der Waals surface area contributed by atoms with Crippen molar-refractivity contribution in [1.29, 1.82) is 0 Å². The molecule has 3 aromatic rings. The average Bonchev–Trinajstić information content (AvgIpc) is 3.41. The van der Waals surface area contributed by atoms with Crippen molar-refractivity contribution in [2.45, 2.75) is 57.5 Å². The van der Waals surface area contributed by atoms with Gasteiger partial charge in [0.15, 0.2) is 5.65 Å². The van der Waals surface area contributed by atoms with E-state index >= 15 is 0 Å². The van der Waals surface area contributed by atoms with Gasteiger partial charge in [0.1, 0.15) is 17.0 Å². The number of ether oxygens (including phenoxy) is 1. The molecule has 10 nitrogen and oxygen atoms in total. The molecule has 5 rings (SSSR count). The third-order valence-corrected chi connectivity index (χ3v) is 7.25. The van der Waals surface area contributed by atoms with Crippen molar-refractivity contribution < 1.29 is 9.53 Å². The van der Waals surface area contributed by atoms with Crippen molar-refractivity contribution in [3.8, 4) is 5.75 Å². The number of piperidine rings is 1. The Morgan fingerprint density at radius 2 is 1.86 bits per heavy atom. The first kappa shape index (κ1) is 24.2. The van der Waals surface area contributed by atoms with Gasteiger partial charge in [-0.1, -0.05) is 12.8 Å². The van der Waals surface area contributed by atoms with Crippen LogP contribution in [0, 0.1) is 6.92 Å². The number of hydrogen-bond donors (Lipinski definition) is 2. The number of carbonyl (C=O) groups excluding carboxylic acids is 1. The summed E-state index contributed by atoms with van der Waals surface area (Å²) in [6.45, 7) is 3.69.